The van der Waals surface area contributed by atoms with Gasteiger partial charge in [0, 0.05) is 6.42 Å². The first-order chi connectivity index (χ1) is 9.71. The smallest absolute Gasteiger partial charge is 0.160 e. The van der Waals surface area contributed by atoms with Crippen LogP contribution >= 0.6 is 0 Å². The third-order valence-corrected chi connectivity index (χ3v) is 3.08. The van der Waals surface area contributed by atoms with E-state index in [2.05, 4.69) is 0 Å². The van der Waals surface area contributed by atoms with Crippen LogP contribution in [0.3, 0.4) is 0 Å². The van der Waals surface area contributed by atoms with E-state index in [-0.39, 0.29) is 5.78 Å². The first kappa shape index (κ1) is 16.3. The van der Waals surface area contributed by atoms with E-state index >= 15 is 0 Å². The van der Waals surface area contributed by atoms with Crippen molar-refractivity contribution in [2.45, 2.75) is 39.0 Å². The monoisotopic (exact) mass is 276 g/mol. The molecule has 110 valence electrons. The van der Waals surface area contributed by atoms with Crippen LogP contribution in [0.2, 0.25) is 0 Å². The second-order valence-corrected chi connectivity index (χ2v) is 4.70. The van der Waals surface area contributed by atoms with Gasteiger partial charge in [0.2, 0.25) is 0 Å². The predicted molar refractivity (Wildman–Crippen MR) is 81.5 cm³/mol. The van der Waals surface area contributed by atoms with Gasteiger partial charge in [0.15, 0.2) is 17.3 Å². The number of rotatable bonds is 9. The summed E-state index contributed by atoms with van der Waals surface area (Å²) in [5.41, 5.74) is 1.22. The maximum atomic E-state index is 11.3. The number of methoxy groups -OCH3 is 2. The molecule has 20 heavy (non-hydrogen) atoms. The Morgan fingerprint density at radius 2 is 1.95 bits per heavy atom. The van der Waals surface area contributed by atoms with Crippen LogP contribution in [0.15, 0.2) is 30.4 Å². The van der Waals surface area contributed by atoms with Crippen LogP contribution in [-0.4, -0.2) is 20.0 Å². The molecule has 0 amide bonds. The molecule has 0 aliphatic heterocycles. The van der Waals surface area contributed by atoms with E-state index in [1.54, 1.807) is 20.3 Å². The standard InChI is InChI=1S/C17H24O3/c1-4-8-15(18)10-7-5-6-9-14-11-12-16(19-2)17(13-14)20-3/h7,10-13H,4-6,8-9H2,1-3H3. The van der Waals surface area contributed by atoms with Crippen molar-refractivity contribution in [2.24, 2.45) is 0 Å². The average molecular weight is 276 g/mol. The minimum absolute atomic E-state index is 0.221. The Morgan fingerprint density at radius 1 is 1.20 bits per heavy atom. The average Bonchev–Trinajstić information content (AvgIpc) is 2.47. The van der Waals surface area contributed by atoms with Crippen molar-refractivity contribution in [1.82, 2.24) is 0 Å². The van der Waals surface area contributed by atoms with Gasteiger partial charge < -0.3 is 9.47 Å². The number of hydrogen-bond acceptors (Lipinski definition) is 3. The first-order valence-corrected chi connectivity index (χ1v) is 7.11. The lowest BCUT2D eigenvalue weighted by Gasteiger charge is -2.09. The van der Waals surface area contributed by atoms with Gasteiger partial charge in [-0.2, -0.15) is 0 Å². The van der Waals surface area contributed by atoms with Crippen molar-refractivity contribution in [3.63, 3.8) is 0 Å². The van der Waals surface area contributed by atoms with Crippen molar-refractivity contribution in [2.75, 3.05) is 14.2 Å². The van der Waals surface area contributed by atoms with Crippen LogP contribution in [0, 0.1) is 0 Å². The van der Waals surface area contributed by atoms with Crippen LogP contribution in [0.25, 0.3) is 0 Å². The largest absolute Gasteiger partial charge is 0.493 e. The van der Waals surface area contributed by atoms with Gasteiger partial charge >= 0.3 is 0 Å². The highest BCUT2D eigenvalue weighted by molar-refractivity contribution is 5.89. The summed E-state index contributed by atoms with van der Waals surface area (Å²) in [5, 5.41) is 0. The van der Waals surface area contributed by atoms with E-state index < -0.39 is 0 Å². The van der Waals surface area contributed by atoms with E-state index in [0.717, 1.165) is 37.2 Å². The van der Waals surface area contributed by atoms with E-state index in [4.69, 9.17) is 9.47 Å². The fourth-order valence-corrected chi connectivity index (χ4v) is 2.00. The van der Waals surface area contributed by atoms with Gasteiger partial charge in [0.05, 0.1) is 14.2 Å². The lowest BCUT2D eigenvalue weighted by atomic mass is 10.1. The maximum absolute atomic E-state index is 11.3. The summed E-state index contributed by atoms with van der Waals surface area (Å²) in [6.07, 6.45) is 8.14. The second-order valence-electron chi connectivity index (χ2n) is 4.70. The molecule has 0 unspecified atom stereocenters. The molecule has 0 heterocycles. The van der Waals surface area contributed by atoms with Gasteiger partial charge in [0.1, 0.15) is 0 Å². The molecule has 0 aliphatic carbocycles. The predicted octanol–water partition coefficient (Wildman–Crippen LogP) is 3.95. The number of hydrogen-bond donors (Lipinski definition) is 0. The van der Waals surface area contributed by atoms with Crippen LogP contribution < -0.4 is 9.47 Å². The third kappa shape index (κ3) is 5.47. The molecule has 1 aromatic rings. The molecule has 0 saturated carbocycles. The van der Waals surface area contributed by atoms with Crippen LogP contribution in [-0.2, 0) is 11.2 Å². The molecule has 1 aromatic carbocycles. The highest BCUT2D eigenvalue weighted by Crippen LogP contribution is 2.28. The van der Waals surface area contributed by atoms with Gasteiger partial charge in [-0.15, -0.1) is 0 Å². The molecule has 0 aromatic heterocycles. The Kier molecular flexibility index (Phi) is 7.48. The Hall–Kier alpha value is -1.77. The molecule has 0 radical (unpaired) electrons. The van der Waals surface area contributed by atoms with Gasteiger partial charge in [-0.3, -0.25) is 4.79 Å². The molecule has 0 aliphatic rings. The number of ketones is 1. The van der Waals surface area contributed by atoms with E-state index in [9.17, 15) is 4.79 Å². The summed E-state index contributed by atoms with van der Waals surface area (Å²) >= 11 is 0. The van der Waals surface area contributed by atoms with Gasteiger partial charge in [-0.25, -0.2) is 0 Å². The number of benzene rings is 1. The molecule has 0 N–H and O–H groups in total. The summed E-state index contributed by atoms with van der Waals surface area (Å²) in [4.78, 5) is 11.3. The Bertz CT molecular complexity index is 450. The lowest BCUT2D eigenvalue weighted by molar-refractivity contribution is -0.114. The molecule has 0 atom stereocenters. The van der Waals surface area contributed by atoms with Crippen molar-refractivity contribution in [3.8, 4) is 11.5 Å². The summed E-state index contributed by atoms with van der Waals surface area (Å²) in [7, 11) is 3.28. The van der Waals surface area contributed by atoms with Crippen molar-refractivity contribution >= 4 is 5.78 Å². The number of unbranched alkanes of at least 4 members (excludes halogenated alkanes) is 1. The zero-order valence-corrected chi connectivity index (χ0v) is 12.6. The summed E-state index contributed by atoms with van der Waals surface area (Å²) in [6.45, 7) is 2.02. The lowest BCUT2D eigenvalue weighted by Crippen LogP contribution is -1.93. The maximum Gasteiger partial charge on any atom is 0.160 e. The quantitative estimate of drug-likeness (QED) is 0.506. The number of carbonyl (C=O) groups excluding carboxylic acids is 1. The topological polar surface area (TPSA) is 35.5 Å². The van der Waals surface area contributed by atoms with Crippen molar-refractivity contribution < 1.29 is 14.3 Å². The number of aryl methyl sites for hydroxylation is 1. The van der Waals surface area contributed by atoms with Gasteiger partial charge in [-0.05, 0) is 49.5 Å². The number of allylic oxidation sites excluding steroid dienone is 2. The fourth-order valence-electron chi connectivity index (χ4n) is 2.00. The van der Waals surface area contributed by atoms with Gasteiger partial charge in [0.25, 0.3) is 0 Å². The van der Waals surface area contributed by atoms with Crippen molar-refractivity contribution in [1.29, 1.82) is 0 Å². The summed E-state index contributed by atoms with van der Waals surface area (Å²) in [6, 6.07) is 5.98. The molecular formula is C17H24O3. The zero-order chi connectivity index (χ0) is 14.8. The van der Waals surface area contributed by atoms with E-state index in [0.29, 0.717) is 6.42 Å². The Labute approximate surface area is 121 Å². The van der Waals surface area contributed by atoms with Crippen LogP contribution in [0.1, 0.15) is 38.2 Å². The fraction of sp³-hybridized carbons (Fsp3) is 0.471. The highest BCUT2D eigenvalue weighted by Gasteiger charge is 2.03. The SMILES string of the molecule is CCCC(=O)C=CCCCc1ccc(OC)c(OC)c1. The number of ether oxygens (including phenoxy) is 2. The van der Waals surface area contributed by atoms with Crippen LogP contribution in [0.4, 0.5) is 0 Å². The Balaban J connectivity index is 2.40. The summed E-state index contributed by atoms with van der Waals surface area (Å²) in [5.74, 6) is 1.73. The second kappa shape index (κ2) is 9.18. The normalized spacial score (nSPS) is 10.8. The molecule has 0 saturated heterocycles. The molecule has 0 spiro atoms. The molecule has 0 bridgehead atoms. The first-order valence-electron chi connectivity index (χ1n) is 7.11. The number of carbonyl (C=O) groups is 1. The van der Waals surface area contributed by atoms with Crippen LogP contribution in [0.5, 0.6) is 11.5 Å². The molecule has 3 nitrogen and oxygen atoms in total. The third-order valence-electron chi connectivity index (χ3n) is 3.08. The van der Waals surface area contributed by atoms with Crippen molar-refractivity contribution in [3.05, 3.63) is 35.9 Å². The van der Waals surface area contributed by atoms with E-state index in [1.807, 2.05) is 31.2 Å². The highest BCUT2D eigenvalue weighted by atomic mass is 16.5. The molecule has 1 rings (SSSR count). The summed E-state index contributed by atoms with van der Waals surface area (Å²) < 4.78 is 10.5. The Morgan fingerprint density at radius 3 is 2.60 bits per heavy atom. The van der Waals surface area contributed by atoms with E-state index in [1.165, 1.54) is 5.56 Å². The molecule has 0 fully saturated rings. The minimum atomic E-state index is 0.221. The molecule has 3 heteroatoms. The molecular weight excluding hydrogens is 252 g/mol. The minimum Gasteiger partial charge on any atom is -0.493 e. The zero-order valence-electron chi connectivity index (χ0n) is 12.6. The van der Waals surface area contributed by atoms with Gasteiger partial charge in [-0.1, -0.05) is 19.1 Å².